The summed E-state index contributed by atoms with van der Waals surface area (Å²) in [6.45, 7) is 7.70. The average Bonchev–Trinajstić information content (AvgIpc) is 3.13. The molecule has 1 atom stereocenters. The number of carbonyl (C=O) groups is 1. The van der Waals surface area contributed by atoms with Crippen molar-refractivity contribution in [3.8, 4) is 11.5 Å². The van der Waals surface area contributed by atoms with Gasteiger partial charge in [0.15, 0.2) is 4.80 Å². The first kappa shape index (κ1) is 24.5. The third-order valence-electron chi connectivity index (χ3n) is 5.50. The summed E-state index contributed by atoms with van der Waals surface area (Å²) in [6.07, 6.45) is 1.91. The number of esters is 1. The predicted octanol–water partition coefficient (Wildman–Crippen LogP) is 3.59. The van der Waals surface area contributed by atoms with Gasteiger partial charge >= 0.3 is 5.97 Å². The molecule has 3 aromatic rings. The molecule has 0 saturated heterocycles. The van der Waals surface area contributed by atoms with Gasteiger partial charge in [-0.1, -0.05) is 35.6 Å². The summed E-state index contributed by atoms with van der Waals surface area (Å²) in [6, 6.07) is 14.3. The first-order valence-corrected chi connectivity index (χ1v) is 12.2. The molecule has 7 nitrogen and oxygen atoms in total. The van der Waals surface area contributed by atoms with Gasteiger partial charge in [-0.25, -0.2) is 9.79 Å². The highest BCUT2D eigenvalue weighted by Gasteiger charge is 2.33. The third kappa shape index (κ3) is 5.07. The molecule has 8 heteroatoms. The van der Waals surface area contributed by atoms with Crippen molar-refractivity contribution < 1.29 is 19.0 Å². The lowest BCUT2D eigenvalue weighted by Crippen LogP contribution is -2.39. The van der Waals surface area contributed by atoms with Crippen molar-refractivity contribution in [2.45, 2.75) is 39.8 Å². The van der Waals surface area contributed by atoms with E-state index in [0.29, 0.717) is 26.4 Å². The van der Waals surface area contributed by atoms with Crippen molar-refractivity contribution in [1.29, 1.82) is 0 Å². The Kier molecular flexibility index (Phi) is 7.21. The van der Waals surface area contributed by atoms with E-state index in [1.54, 1.807) is 25.5 Å². The van der Waals surface area contributed by atoms with Crippen LogP contribution < -0.4 is 24.4 Å². The van der Waals surface area contributed by atoms with Crippen LogP contribution in [0, 0.1) is 0 Å². The molecule has 0 fully saturated rings. The Bertz CT molecular complexity index is 1430. The van der Waals surface area contributed by atoms with Crippen LogP contribution >= 0.6 is 11.3 Å². The standard InChI is InChI=1S/C27H28N2O5S/c1-6-33-26(31)23-17(4)28-27-29(24(23)19-9-13-20(32-5)14-10-19)25(30)22(35-27)15-18-7-11-21(12-8-18)34-16(2)3/h7-16,24H,6H2,1-5H3/b22-15+/t24-/m1/s1. The quantitative estimate of drug-likeness (QED) is 0.471. The smallest absolute Gasteiger partial charge is 0.338 e. The van der Waals surface area contributed by atoms with Crippen LogP contribution in [-0.4, -0.2) is 30.4 Å². The van der Waals surface area contributed by atoms with Crippen LogP contribution in [0.15, 0.2) is 69.6 Å². The highest BCUT2D eigenvalue weighted by molar-refractivity contribution is 7.07. The maximum absolute atomic E-state index is 13.6. The van der Waals surface area contributed by atoms with E-state index < -0.39 is 12.0 Å². The van der Waals surface area contributed by atoms with Gasteiger partial charge in [0.2, 0.25) is 0 Å². The van der Waals surface area contributed by atoms with Crippen molar-refractivity contribution in [1.82, 2.24) is 4.57 Å². The molecule has 0 radical (unpaired) electrons. The van der Waals surface area contributed by atoms with E-state index in [4.69, 9.17) is 14.2 Å². The van der Waals surface area contributed by atoms with Crippen LogP contribution in [0.3, 0.4) is 0 Å². The fourth-order valence-corrected chi connectivity index (χ4v) is 5.01. The number of fused-ring (bicyclic) bond motifs is 1. The Hall–Kier alpha value is -3.65. The number of hydrogen-bond donors (Lipinski definition) is 0. The van der Waals surface area contributed by atoms with Gasteiger partial charge in [-0.2, -0.15) is 0 Å². The zero-order valence-electron chi connectivity index (χ0n) is 20.4. The number of methoxy groups -OCH3 is 1. The highest BCUT2D eigenvalue weighted by Crippen LogP contribution is 2.31. The summed E-state index contributed by atoms with van der Waals surface area (Å²) in [7, 11) is 1.59. The van der Waals surface area contributed by atoms with Gasteiger partial charge in [0.25, 0.3) is 5.56 Å². The first-order chi connectivity index (χ1) is 16.8. The van der Waals surface area contributed by atoms with Gasteiger partial charge in [-0.15, -0.1) is 0 Å². The fraction of sp³-hybridized carbons (Fsp3) is 0.296. The summed E-state index contributed by atoms with van der Waals surface area (Å²) in [5.74, 6) is 0.974. The van der Waals surface area contributed by atoms with Crippen molar-refractivity contribution in [3.05, 3.63) is 90.6 Å². The largest absolute Gasteiger partial charge is 0.497 e. The molecule has 0 N–H and O–H groups in total. The number of hydrogen-bond acceptors (Lipinski definition) is 7. The molecule has 2 heterocycles. The number of benzene rings is 2. The molecule has 0 spiro atoms. The lowest BCUT2D eigenvalue weighted by atomic mass is 9.96. The SMILES string of the molecule is CCOC(=O)C1=C(C)N=c2s/c(=C/c3ccc(OC(C)C)cc3)c(=O)n2[C@@H]1c1ccc(OC)cc1. The third-order valence-corrected chi connectivity index (χ3v) is 6.48. The first-order valence-electron chi connectivity index (χ1n) is 11.4. The molecule has 0 saturated carbocycles. The number of allylic oxidation sites excluding steroid dienone is 1. The maximum Gasteiger partial charge on any atom is 0.338 e. The fourth-order valence-electron chi connectivity index (χ4n) is 3.96. The van der Waals surface area contributed by atoms with E-state index in [2.05, 4.69) is 4.99 Å². The predicted molar refractivity (Wildman–Crippen MR) is 136 cm³/mol. The summed E-state index contributed by atoms with van der Waals surface area (Å²) in [5.41, 5.74) is 2.31. The van der Waals surface area contributed by atoms with E-state index in [0.717, 1.165) is 16.9 Å². The molecule has 0 unspecified atom stereocenters. The van der Waals surface area contributed by atoms with Crippen LogP contribution in [0.4, 0.5) is 0 Å². The molecule has 1 aromatic heterocycles. The minimum atomic E-state index is -0.653. The molecule has 1 aliphatic heterocycles. The topological polar surface area (TPSA) is 79.1 Å². The van der Waals surface area contributed by atoms with Crippen LogP contribution in [0.2, 0.25) is 0 Å². The van der Waals surface area contributed by atoms with Crippen molar-refractivity contribution in [3.63, 3.8) is 0 Å². The van der Waals surface area contributed by atoms with Gasteiger partial charge < -0.3 is 14.2 Å². The van der Waals surface area contributed by atoms with Gasteiger partial charge in [0, 0.05) is 0 Å². The number of thiazole rings is 1. The van der Waals surface area contributed by atoms with E-state index in [-0.39, 0.29) is 18.3 Å². The number of rotatable bonds is 7. The number of aromatic nitrogens is 1. The molecule has 2 aromatic carbocycles. The molecule has 4 rings (SSSR count). The van der Waals surface area contributed by atoms with Crippen LogP contribution in [0.1, 0.15) is 44.9 Å². The number of ether oxygens (including phenoxy) is 3. The maximum atomic E-state index is 13.6. The summed E-state index contributed by atoms with van der Waals surface area (Å²) in [4.78, 5) is 31.7. The summed E-state index contributed by atoms with van der Waals surface area (Å²) < 4.78 is 18.4. The Morgan fingerprint density at radius 1 is 1.11 bits per heavy atom. The second kappa shape index (κ2) is 10.3. The Morgan fingerprint density at radius 2 is 1.77 bits per heavy atom. The minimum absolute atomic E-state index is 0.0827. The van der Waals surface area contributed by atoms with E-state index >= 15 is 0 Å². The van der Waals surface area contributed by atoms with Gasteiger partial charge in [-0.3, -0.25) is 9.36 Å². The summed E-state index contributed by atoms with van der Waals surface area (Å²) >= 11 is 1.29. The molecule has 35 heavy (non-hydrogen) atoms. The van der Waals surface area contributed by atoms with E-state index in [1.807, 2.05) is 68.5 Å². The molecule has 0 bridgehead atoms. The second-order valence-corrected chi connectivity index (χ2v) is 9.32. The van der Waals surface area contributed by atoms with Gasteiger partial charge in [0.05, 0.1) is 41.7 Å². The molecular weight excluding hydrogens is 464 g/mol. The van der Waals surface area contributed by atoms with Gasteiger partial charge in [-0.05, 0) is 69.2 Å². The second-order valence-electron chi connectivity index (χ2n) is 8.31. The monoisotopic (exact) mass is 492 g/mol. The van der Waals surface area contributed by atoms with Crippen LogP contribution in [0.5, 0.6) is 11.5 Å². The number of carbonyl (C=O) groups excluding carboxylic acids is 1. The highest BCUT2D eigenvalue weighted by atomic mass is 32.1. The van der Waals surface area contributed by atoms with E-state index in [9.17, 15) is 9.59 Å². The Labute approximate surface area is 207 Å². The van der Waals surface area contributed by atoms with Crippen molar-refractivity contribution in [2.75, 3.05) is 13.7 Å². The molecular formula is C27H28N2O5S. The zero-order chi connectivity index (χ0) is 25.1. The molecule has 0 amide bonds. The Balaban J connectivity index is 1.85. The summed E-state index contributed by atoms with van der Waals surface area (Å²) in [5, 5.41) is 0. The molecule has 0 aliphatic carbocycles. The number of nitrogens with zero attached hydrogens (tertiary/aromatic N) is 2. The molecule has 182 valence electrons. The normalized spacial score (nSPS) is 15.6. The molecule has 1 aliphatic rings. The zero-order valence-corrected chi connectivity index (χ0v) is 21.2. The van der Waals surface area contributed by atoms with Crippen molar-refractivity contribution >= 4 is 23.4 Å². The van der Waals surface area contributed by atoms with Gasteiger partial charge in [0.1, 0.15) is 11.5 Å². The minimum Gasteiger partial charge on any atom is -0.497 e. The Morgan fingerprint density at radius 3 is 2.37 bits per heavy atom. The van der Waals surface area contributed by atoms with Crippen LogP contribution in [-0.2, 0) is 9.53 Å². The lowest BCUT2D eigenvalue weighted by molar-refractivity contribution is -0.139. The van der Waals surface area contributed by atoms with Crippen LogP contribution in [0.25, 0.3) is 6.08 Å². The van der Waals surface area contributed by atoms with Crippen molar-refractivity contribution in [2.24, 2.45) is 4.99 Å². The van der Waals surface area contributed by atoms with E-state index in [1.165, 1.54) is 11.3 Å². The lowest BCUT2D eigenvalue weighted by Gasteiger charge is -2.24. The average molecular weight is 493 g/mol.